The fourth-order valence-corrected chi connectivity index (χ4v) is 5.88. The van der Waals surface area contributed by atoms with Crippen LogP contribution in [0.3, 0.4) is 0 Å². The highest BCUT2D eigenvalue weighted by atomic mass is 32.2. The van der Waals surface area contributed by atoms with Gasteiger partial charge in [-0.2, -0.15) is 21.9 Å². The Morgan fingerprint density at radius 1 is 0.946 bits per heavy atom. The molecule has 15 heteroatoms. The molecule has 0 amide bonds. The lowest BCUT2D eigenvalue weighted by molar-refractivity contribution is 0.389. The number of aromatic nitrogens is 1. The number of azo groups is 1. The summed E-state index contributed by atoms with van der Waals surface area (Å²) in [5.41, 5.74) is -0.580. The molecule has 0 aliphatic carbocycles. The Morgan fingerprint density at radius 3 is 2.32 bits per heavy atom. The van der Waals surface area contributed by atoms with Crippen molar-refractivity contribution in [3.05, 3.63) is 52.8 Å². The van der Waals surface area contributed by atoms with Gasteiger partial charge in [0.1, 0.15) is 10.6 Å². The van der Waals surface area contributed by atoms with Crippen LogP contribution in [-0.2, 0) is 26.8 Å². The van der Waals surface area contributed by atoms with E-state index in [9.17, 15) is 35.8 Å². The Kier molecular flexibility index (Phi) is 7.20. The molecule has 0 saturated carbocycles. The van der Waals surface area contributed by atoms with Gasteiger partial charge in [0, 0.05) is 11.9 Å². The van der Waals surface area contributed by atoms with Crippen molar-refractivity contribution in [2.24, 2.45) is 10.2 Å². The number of nitrogens with zero attached hydrogens (tertiary/aromatic N) is 4. The van der Waals surface area contributed by atoms with Crippen molar-refractivity contribution in [3.8, 4) is 5.75 Å². The van der Waals surface area contributed by atoms with Crippen LogP contribution >= 0.6 is 11.5 Å². The number of hydrogen-bond acceptors (Lipinski definition) is 10. The highest BCUT2D eigenvalue weighted by Crippen LogP contribution is 2.42. The van der Waals surface area contributed by atoms with Crippen molar-refractivity contribution in [2.45, 2.75) is 22.8 Å². The minimum absolute atomic E-state index is 0.00245. The molecular formula is C22H22N4O8S3. The maximum atomic E-state index is 12.8. The van der Waals surface area contributed by atoms with E-state index >= 15 is 0 Å². The summed E-state index contributed by atoms with van der Waals surface area (Å²) in [4.78, 5) is 13.4. The fraction of sp³-hybridized carbons (Fsp3) is 0.227. The third-order valence-corrected chi connectivity index (χ3v) is 8.30. The minimum Gasteiger partial charge on any atom is -0.505 e. The van der Waals surface area contributed by atoms with Gasteiger partial charge in [0.2, 0.25) is 0 Å². The van der Waals surface area contributed by atoms with E-state index < -0.39 is 41.5 Å². The minimum atomic E-state index is -4.93. The summed E-state index contributed by atoms with van der Waals surface area (Å²) in [6, 6.07) is 8.74. The first-order chi connectivity index (χ1) is 17.3. The highest BCUT2D eigenvalue weighted by molar-refractivity contribution is 7.86. The third kappa shape index (κ3) is 5.71. The SMILES string of the molecule is CN(C)CCCn1sc2ccc(N=Nc3c(S(=O)(=O)O)cc4cc(S(=O)(=O)O)ccc4c3O)cc2c1=O. The van der Waals surface area contributed by atoms with Gasteiger partial charge in [-0.1, -0.05) is 11.5 Å². The molecule has 0 fully saturated rings. The van der Waals surface area contributed by atoms with Crippen LogP contribution < -0.4 is 5.56 Å². The number of rotatable bonds is 8. The summed E-state index contributed by atoms with van der Waals surface area (Å²) in [6.45, 7) is 1.37. The zero-order valence-corrected chi connectivity index (χ0v) is 22.0. The molecule has 4 aromatic rings. The largest absolute Gasteiger partial charge is 0.505 e. The first kappa shape index (κ1) is 26.8. The van der Waals surface area contributed by atoms with Crippen molar-refractivity contribution in [3.63, 3.8) is 0 Å². The van der Waals surface area contributed by atoms with Gasteiger partial charge < -0.3 is 10.0 Å². The molecule has 3 aromatic carbocycles. The second-order valence-corrected chi connectivity index (χ2v) is 12.3. The molecule has 0 radical (unpaired) electrons. The lowest BCUT2D eigenvalue weighted by atomic mass is 10.1. The van der Waals surface area contributed by atoms with E-state index in [2.05, 4.69) is 10.2 Å². The van der Waals surface area contributed by atoms with Gasteiger partial charge in [0.15, 0.2) is 5.75 Å². The lowest BCUT2D eigenvalue weighted by Crippen LogP contribution is -2.18. The number of fused-ring (bicyclic) bond motifs is 2. The van der Waals surface area contributed by atoms with E-state index in [-0.39, 0.29) is 22.0 Å². The average Bonchev–Trinajstić information content (AvgIpc) is 3.11. The standard InChI is InChI=1S/C22H22N4O8S3/c1-25(2)8-3-9-26-22(28)17-12-14(4-7-18(17)35-26)23-24-20-19(37(32,33)34)11-13-10-15(36(29,30)31)5-6-16(13)21(20)27/h4-7,10-12,27H,3,8-9H2,1-2H3,(H,29,30,31)(H,32,33,34). The van der Waals surface area contributed by atoms with E-state index in [1.807, 2.05) is 19.0 Å². The van der Waals surface area contributed by atoms with Crippen LogP contribution in [-0.4, -0.2) is 60.5 Å². The Morgan fingerprint density at radius 2 is 1.68 bits per heavy atom. The van der Waals surface area contributed by atoms with Gasteiger partial charge >= 0.3 is 0 Å². The molecule has 0 spiro atoms. The molecule has 0 atom stereocenters. The van der Waals surface area contributed by atoms with Crippen LogP contribution in [0.5, 0.6) is 5.75 Å². The number of benzene rings is 3. The number of hydrogen-bond donors (Lipinski definition) is 3. The number of aromatic hydroxyl groups is 1. The van der Waals surface area contributed by atoms with E-state index in [0.29, 0.717) is 11.9 Å². The summed E-state index contributed by atoms with van der Waals surface area (Å²) in [6.07, 6.45) is 0.789. The van der Waals surface area contributed by atoms with Gasteiger partial charge in [-0.25, -0.2) is 0 Å². The number of aryl methyl sites for hydroxylation is 1. The van der Waals surface area contributed by atoms with Gasteiger partial charge in [-0.15, -0.1) is 5.11 Å². The lowest BCUT2D eigenvalue weighted by Gasteiger charge is -2.09. The highest BCUT2D eigenvalue weighted by Gasteiger charge is 2.23. The summed E-state index contributed by atoms with van der Waals surface area (Å²) in [5, 5.41) is 18.8. The zero-order valence-electron chi connectivity index (χ0n) is 19.6. The molecule has 0 bridgehead atoms. The molecule has 0 saturated heterocycles. The Bertz CT molecular complexity index is 1820. The Hall–Kier alpha value is -3.21. The van der Waals surface area contributed by atoms with E-state index in [4.69, 9.17) is 0 Å². The monoisotopic (exact) mass is 566 g/mol. The molecule has 0 unspecified atom stereocenters. The van der Waals surface area contributed by atoms with Gasteiger partial charge in [-0.3, -0.25) is 17.9 Å². The molecule has 0 aliphatic heterocycles. The molecule has 3 N–H and O–H groups in total. The molecule has 37 heavy (non-hydrogen) atoms. The third-order valence-electron chi connectivity index (χ3n) is 5.46. The first-order valence-corrected chi connectivity index (χ1v) is 14.4. The second kappa shape index (κ2) is 9.92. The molecular weight excluding hydrogens is 544 g/mol. The second-order valence-electron chi connectivity index (χ2n) is 8.44. The van der Waals surface area contributed by atoms with E-state index in [1.165, 1.54) is 17.6 Å². The van der Waals surface area contributed by atoms with Crippen LogP contribution in [0, 0.1) is 0 Å². The molecule has 0 aliphatic rings. The van der Waals surface area contributed by atoms with Crippen molar-refractivity contribution in [2.75, 3.05) is 20.6 Å². The van der Waals surface area contributed by atoms with Crippen LogP contribution in [0.25, 0.3) is 20.9 Å². The topological polar surface area (TPSA) is 179 Å². The quantitative estimate of drug-likeness (QED) is 0.211. The van der Waals surface area contributed by atoms with Gasteiger partial charge in [-0.05, 0) is 74.9 Å². The molecule has 1 heterocycles. The predicted molar refractivity (Wildman–Crippen MR) is 139 cm³/mol. The van der Waals surface area contributed by atoms with Crippen molar-refractivity contribution in [1.82, 2.24) is 8.86 Å². The summed E-state index contributed by atoms with van der Waals surface area (Å²) < 4.78 is 68.3. The van der Waals surface area contributed by atoms with Crippen LogP contribution in [0.2, 0.25) is 0 Å². The number of phenols is 1. The van der Waals surface area contributed by atoms with Crippen molar-refractivity contribution < 1.29 is 31.0 Å². The maximum absolute atomic E-state index is 12.8. The summed E-state index contributed by atoms with van der Waals surface area (Å²) in [7, 11) is -5.65. The van der Waals surface area contributed by atoms with Crippen molar-refractivity contribution in [1.29, 1.82) is 0 Å². The fourth-order valence-electron chi connectivity index (χ4n) is 3.69. The Balaban J connectivity index is 1.77. The zero-order chi connectivity index (χ0) is 27.1. The molecule has 4 rings (SSSR count). The van der Waals surface area contributed by atoms with Crippen molar-refractivity contribution >= 4 is 64.0 Å². The molecule has 1 aromatic heterocycles. The molecule has 12 nitrogen and oxygen atoms in total. The predicted octanol–water partition coefficient (Wildman–Crippen LogP) is 3.78. The van der Waals surface area contributed by atoms with E-state index in [0.717, 1.165) is 41.9 Å². The summed E-state index contributed by atoms with van der Waals surface area (Å²) in [5.74, 6) is -0.685. The number of phenolic OH excluding ortho intramolecular Hbond substituents is 1. The smallest absolute Gasteiger partial charge is 0.296 e. The van der Waals surface area contributed by atoms with Crippen LogP contribution in [0.4, 0.5) is 11.4 Å². The first-order valence-electron chi connectivity index (χ1n) is 10.7. The van der Waals surface area contributed by atoms with Gasteiger partial charge in [0.25, 0.3) is 25.8 Å². The maximum Gasteiger partial charge on any atom is 0.296 e. The molecule has 196 valence electrons. The van der Waals surface area contributed by atoms with Gasteiger partial charge in [0.05, 0.1) is 20.7 Å². The van der Waals surface area contributed by atoms with E-state index in [1.54, 1.807) is 16.1 Å². The summed E-state index contributed by atoms with van der Waals surface area (Å²) >= 11 is 1.31. The average molecular weight is 567 g/mol. The Labute approximate surface area is 215 Å². The van der Waals surface area contributed by atoms with Crippen LogP contribution in [0.15, 0.2) is 67.3 Å². The normalized spacial score (nSPS) is 12.9. The van der Waals surface area contributed by atoms with Crippen LogP contribution in [0.1, 0.15) is 6.42 Å².